The molecule has 5 heteroatoms. The smallest absolute Gasteiger partial charge is 0.227 e. The lowest BCUT2D eigenvalue weighted by atomic mass is 9.81. The first-order valence-electron chi connectivity index (χ1n) is 9.84. The van der Waals surface area contributed by atoms with Crippen LogP contribution in [-0.4, -0.2) is 18.9 Å². The summed E-state index contributed by atoms with van der Waals surface area (Å²) in [6.45, 7) is 2.47. The van der Waals surface area contributed by atoms with Crippen molar-refractivity contribution in [3.8, 4) is 5.75 Å². The number of ether oxygens (including phenoxy) is 1. The molecule has 0 radical (unpaired) electrons. The summed E-state index contributed by atoms with van der Waals surface area (Å²) in [6.07, 6.45) is 2.96. The third kappa shape index (κ3) is 5.12. The summed E-state index contributed by atoms with van der Waals surface area (Å²) in [4.78, 5) is 25.0. The van der Waals surface area contributed by atoms with Gasteiger partial charge in [-0.3, -0.25) is 9.59 Å². The molecule has 3 rings (SSSR count). The van der Waals surface area contributed by atoms with Crippen molar-refractivity contribution >= 4 is 17.5 Å². The number of carbonyl (C=O) groups excluding carboxylic acids is 2. The largest absolute Gasteiger partial charge is 0.496 e. The molecular formula is C23H28N2O3. The summed E-state index contributed by atoms with van der Waals surface area (Å²) < 4.78 is 5.32. The summed E-state index contributed by atoms with van der Waals surface area (Å²) in [7, 11) is 1.63. The second-order valence-electron chi connectivity index (χ2n) is 7.43. The van der Waals surface area contributed by atoms with Gasteiger partial charge in [-0.25, -0.2) is 0 Å². The average molecular weight is 380 g/mol. The SMILES string of the molecule is COc1ccccc1CNC(=O)C1CCC(C(=O)Nc2ccc(C)cc2)CC1. The first-order valence-corrected chi connectivity index (χ1v) is 9.84. The molecule has 2 amide bonds. The molecule has 0 saturated heterocycles. The zero-order valence-electron chi connectivity index (χ0n) is 16.5. The summed E-state index contributed by atoms with van der Waals surface area (Å²) in [5.41, 5.74) is 2.95. The number of hydrogen-bond acceptors (Lipinski definition) is 3. The van der Waals surface area contributed by atoms with Gasteiger partial charge in [-0.1, -0.05) is 35.9 Å². The van der Waals surface area contributed by atoms with E-state index in [4.69, 9.17) is 4.74 Å². The highest BCUT2D eigenvalue weighted by molar-refractivity contribution is 5.92. The monoisotopic (exact) mass is 380 g/mol. The number of hydrogen-bond donors (Lipinski definition) is 2. The van der Waals surface area contributed by atoms with E-state index < -0.39 is 0 Å². The summed E-state index contributed by atoms with van der Waals surface area (Å²) in [6, 6.07) is 15.5. The van der Waals surface area contributed by atoms with Gasteiger partial charge in [-0.15, -0.1) is 0 Å². The highest BCUT2D eigenvalue weighted by Gasteiger charge is 2.29. The second-order valence-corrected chi connectivity index (χ2v) is 7.43. The Morgan fingerprint density at radius 2 is 1.54 bits per heavy atom. The molecule has 0 aliphatic heterocycles. The van der Waals surface area contributed by atoms with E-state index in [1.807, 2.05) is 55.5 Å². The Balaban J connectivity index is 1.45. The van der Waals surface area contributed by atoms with Crippen LogP contribution >= 0.6 is 0 Å². The molecule has 0 spiro atoms. The molecule has 2 N–H and O–H groups in total. The van der Waals surface area contributed by atoms with Crippen LogP contribution in [0.3, 0.4) is 0 Å². The van der Waals surface area contributed by atoms with Crippen LogP contribution in [-0.2, 0) is 16.1 Å². The molecule has 1 aliphatic rings. The first-order chi connectivity index (χ1) is 13.6. The molecule has 1 saturated carbocycles. The lowest BCUT2D eigenvalue weighted by Crippen LogP contribution is -2.35. The van der Waals surface area contributed by atoms with E-state index in [2.05, 4.69) is 10.6 Å². The molecule has 5 nitrogen and oxygen atoms in total. The molecule has 0 unspecified atom stereocenters. The molecule has 0 aromatic heterocycles. The molecule has 0 atom stereocenters. The van der Waals surface area contributed by atoms with Gasteiger partial charge in [-0.05, 0) is 50.8 Å². The number of rotatable bonds is 6. The highest BCUT2D eigenvalue weighted by Crippen LogP contribution is 2.30. The molecule has 0 bridgehead atoms. The van der Waals surface area contributed by atoms with Crippen molar-refractivity contribution in [3.63, 3.8) is 0 Å². The molecule has 1 aliphatic carbocycles. The molecule has 148 valence electrons. The maximum Gasteiger partial charge on any atom is 0.227 e. The summed E-state index contributed by atoms with van der Waals surface area (Å²) in [5.74, 6) is 0.831. The zero-order valence-corrected chi connectivity index (χ0v) is 16.5. The third-order valence-electron chi connectivity index (χ3n) is 5.43. The third-order valence-corrected chi connectivity index (χ3v) is 5.43. The lowest BCUT2D eigenvalue weighted by molar-refractivity contribution is -0.128. The van der Waals surface area contributed by atoms with Gasteiger partial charge in [0.15, 0.2) is 0 Å². The first kappa shape index (κ1) is 19.9. The van der Waals surface area contributed by atoms with Crippen LogP contribution in [0.15, 0.2) is 48.5 Å². The van der Waals surface area contributed by atoms with Crippen molar-refractivity contribution in [1.82, 2.24) is 5.32 Å². The van der Waals surface area contributed by atoms with E-state index in [0.29, 0.717) is 6.54 Å². The number of amides is 2. The van der Waals surface area contributed by atoms with E-state index >= 15 is 0 Å². The topological polar surface area (TPSA) is 67.4 Å². The zero-order chi connectivity index (χ0) is 19.9. The highest BCUT2D eigenvalue weighted by atomic mass is 16.5. The number of benzene rings is 2. The van der Waals surface area contributed by atoms with Crippen molar-refractivity contribution in [2.75, 3.05) is 12.4 Å². The standard InChI is InChI=1S/C23H28N2O3/c1-16-7-13-20(14-8-16)25-23(27)18-11-9-17(10-12-18)22(26)24-15-19-5-3-4-6-21(19)28-2/h3-8,13-14,17-18H,9-12,15H2,1-2H3,(H,24,26)(H,25,27). The van der Waals surface area contributed by atoms with Crippen molar-refractivity contribution < 1.29 is 14.3 Å². The van der Waals surface area contributed by atoms with Crippen LogP contribution in [0.25, 0.3) is 0 Å². The summed E-state index contributed by atoms with van der Waals surface area (Å²) >= 11 is 0. The van der Waals surface area contributed by atoms with Crippen molar-refractivity contribution in [3.05, 3.63) is 59.7 Å². The normalized spacial score (nSPS) is 18.9. The van der Waals surface area contributed by atoms with Crippen LogP contribution in [0.1, 0.15) is 36.8 Å². The quantitative estimate of drug-likeness (QED) is 0.794. The average Bonchev–Trinajstić information content (AvgIpc) is 2.74. The fourth-order valence-electron chi connectivity index (χ4n) is 3.67. The second kappa shape index (κ2) is 9.40. The Morgan fingerprint density at radius 3 is 2.18 bits per heavy atom. The fourth-order valence-corrected chi connectivity index (χ4v) is 3.67. The number of nitrogens with one attached hydrogen (secondary N) is 2. The molecular weight excluding hydrogens is 352 g/mol. The van der Waals surface area contributed by atoms with Crippen molar-refractivity contribution in [2.45, 2.75) is 39.2 Å². The van der Waals surface area contributed by atoms with Crippen molar-refractivity contribution in [1.29, 1.82) is 0 Å². The van der Waals surface area contributed by atoms with Gasteiger partial charge in [0.05, 0.1) is 7.11 Å². The summed E-state index contributed by atoms with van der Waals surface area (Å²) in [5, 5.41) is 6.00. The molecule has 28 heavy (non-hydrogen) atoms. The maximum atomic E-state index is 12.5. The van der Waals surface area contributed by atoms with Gasteiger partial charge in [0, 0.05) is 29.6 Å². The van der Waals surface area contributed by atoms with Gasteiger partial charge < -0.3 is 15.4 Å². The minimum Gasteiger partial charge on any atom is -0.496 e. The number of aryl methyl sites for hydroxylation is 1. The fraction of sp³-hybridized carbons (Fsp3) is 0.391. The number of carbonyl (C=O) groups is 2. The predicted molar refractivity (Wildman–Crippen MR) is 110 cm³/mol. The van der Waals surface area contributed by atoms with Crippen LogP contribution in [0.5, 0.6) is 5.75 Å². The maximum absolute atomic E-state index is 12.5. The Kier molecular flexibility index (Phi) is 6.69. The van der Waals surface area contributed by atoms with Crippen LogP contribution in [0.4, 0.5) is 5.69 Å². The molecule has 2 aromatic carbocycles. The van der Waals surface area contributed by atoms with Gasteiger partial charge in [0.1, 0.15) is 5.75 Å². The molecule has 0 heterocycles. The number of para-hydroxylation sites is 1. The Morgan fingerprint density at radius 1 is 0.929 bits per heavy atom. The van der Waals surface area contributed by atoms with E-state index in [-0.39, 0.29) is 23.7 Å². The van der Waals surface area contributed by atoms with Crippen LogP contribution in [0, 0.1) is 18.8 Å². The van der Waals surface area contributed by atoms with E-state index in [1.165, 1.54) is 0 Å². The van der Waals surface area contributed by atoms with Gasteiger partial charge in [0.25, 0.3) is 0 Å². The minimum atomic E-state index is -0.0295. The van der Waals surface area contributed by atoms with Gasteiger partial charge in [0.2, 0.25) is 11.8 Å². The van der Waals surface area contributed by atoms with Crippen molar-refractivity contribution in [2.24, 2.45) is 11.8 Å². The van der Waals surface area contributed by atoms with Gasteiger partial charge >= 0.3 is 0 Å². The number of anilines is 1. The Hall–Kier alpha value is -2.82. The van der Waals surface area contributed by atoms with E-state index in [9.17, 15) is 9.59 Å². The molecule has 1 fully saturated rings. The van der Waals surface area contributed by atoms with Gasteiger partial charge in [-0.2, -0.15) is 0 Å². The minimum absolute atomic E-state index is 0.0282. The Bertz CT molecular complexity index is 809. The predicted octanol–water partition coefficient (Wildman–Crippen LogP) is 4.06. The molecule has 2 aromatic rings. The van der Waals surface area contributed by atoms with Crippen LogP contribution < -0.4 is 15.4 Å². The number of methoxy groups -OCH3 is 1. The lowest BCUT2D eigenvalue weighted by Gasteiger charge is -2.27. The Labute approximate surface area is 166 Å². The van der Waals surface area contributed by atoms with E-state index in [0.717, 1.165) is 48.2 Å². The van der Waals surface area contributed by atoms with E-state index in [1.54, 1.807) is 7.11 Å². The van der Waals surface area contributed by atoms with Crippen LogP contribution in [0.2, 0.25) is 0 Å².